The van der Waals surface area contributed by atoms with Gasteiger partial charge >= 0.3 is 0 Å². The second-order valence-electron chi connectivity index (χ2n) is 4.09. The van der Waals surface area contributed by atoms with Gasteiger partial charge in [-0.25, -0.2) is 0 Å². The lowest BCUT2D eigenvalue weighted by Crippen LogP contribution is -2.07. The zero-order valence-corrected chi connectivity index (χ0v) is 9.72. The summed E-state index contributed by atoms with van der Waals surface area (Å²) in [6.07, 6.45) is 8.34. The first-order chi connectivity index (χ1) is 7.38. The first-order valence-electron chi connectivity index (χ1n) is 5.66. The third kappa shape index (κ3) is 3.10. The number of thioether (sulfide) groups is 1. The van der Waals surface area contributed by atoms with E-state index in [4.69, 9.17) is 5.41 Å². The van der Waals surface area contributed by atoms with Crippen LogP contribution in [0.2, 0.25) is 0 Å². The smallest absolute Gasteiger partial charge is 0.0250 e. The van der Waals surface area contributed by atoms with Gasteiger partial charge < -0.3 is 5.41 Å². The molecule has 1 saturated carbocycles. The van der Waals surface area contributed by atoms with Gasteiger partial charge in [0.05, 0.1) is 0 Å². The summed E-state index contributed by atoms with van der Waals surface area (Å²) in [5.41, 5.74) is 1.01. The van der Waals surface area contributed by atoms with Gasteiger partial charge in [-0.2, -0.15) is 0 Å². The average molecular weight is 219 g/mol. The third-order valence-electron chi connectivity index (χ3n) is 2.88. The van der Waals surface area contributed by atoms with Gasteiger partial charge in [-0.05, 0) is 30.5 Å². The highest BCUT2D eigenvalue weighted by molar-refractivity contribution is 8.00. The Morgan fingerprint density at radius 2 is 2.00 bits per heavy atom. The van der Waals surface area contributed by atoms with Crippen LogP contribution in [-0.2, 0) is 0 Å². The van der Waals surface area contributed by atoms with Crippen LogP contribution in [0.25, 0.3) is 0 Å². The summed E-state index contributed by atoms with van der Waals surface area (Å²) in [7, 11) is 0. The summed E-state index contributed by atoms with van der Waals surface area (Å²) in [5.74, 6) is 0. The Labute approximate surface area is 95.8 Å². The summed E-state index contributed by atoms with van der Waals surface area (Å²) in [5, 5.41) is 8.03. The fourth-order valence-electron chi connectivity index (χ4n) is 2.05. The van der Waals surface area contributed by atoms with Gasteiger partial charge in [0, 0.05) is 16.4 Å². The molecule has 1 nitrogen and oxygen atoms in total. The zero-order chi connectivity index (χ0) is 10.5. The minimum atomic E-state index is 0.805. The fraction of sp³-hybridized carbons (Fsp3) is 0.462. The minimum absolute atomic E-state index is 0.805. The molecule has 0 heterocycles. The van der Waals surface area contributed by atoms with E-state index >= 15 is 0 Å². The Bertz CT molecular complexity index is 329. The minimum Gasteiger partial charge on any atom is -0.308 e. The number of rotatable bonds is 3. The number of hydrogen-bond acceptors (Lipinski definition) is 2. The Morgan fingerprint density at radius 3 is 2.73 bits per heavy atom. The summed E-state index contributed by atoms with van der Waals surface area (Å²) in [4.78, 5) is 1.32. The van der Waals surface area contributed by atoms with Crippen LogP contribution in [0.4, 0.5) is 0 Å². The number of hydrogen-bond donors (Lipinski definition) is 1. The largest absolute Gasteiger partial charge is 0.308 e. The van der Waals surface area contributed by atoms with E-state index in [1.54, 1.807) is 0 Å². The molecule has 1 aromatic rings. The summed E-state index contributed by atoms with van der Waals surface area (Å²) < 4.78 is 0. The maximum atomic E-state index is 7.23. The monoisotopic (exact) mass is 219 g/mol. The van der Waals surface area contributed by atoms with Crippen LogP contribution in [0.3, 0.4) is 0 Å². The molecule has 1 aromatic carbocycles. The molecule has 0 aliphatic heterocycles. The van der Waals surface area contributed by atoms with Crippen LogP contribution in [0, 0.1) is 5.41 Å². The van der Waals surface area contributed by atoms with Crippen LogP contribution >= 0.6 is 11.8 Å². The first kappa shape index (κ1) is 10.7. The molecule has 0 unspecified atom stereocenters. The maximum absolute atomic E-state index is 7.23. The quantitative estimate of drug-likeness (QED) is 0.760. The first-order valence-corrected chi connectivity index (χ1v) is 6.53. The van der Waals surface area contributed by atoms with Crippen molar-refractivity contribution in [1.82, 2.24) is 0 Å². The third-order valence-corrected chi connectivity index (χ3v) is 4.21. The van der Waals surface area contributed by atoms with E-state index < -0.39 is 0 Å². The molecular weight excluding hydrogens is 202 g/mol. The summed E-state index contributed by atoms with van der Waals surface area (Å²) >= 11 is 1.99. The molecule has 0 radical (unpaired) electrons. The van der Waals surface area contributed by atoms with Crippen molar-refractivity contribution in [3.63, 3.8) is 0 Å². The predicted octanol–water partition coefficient (Wildman–Crippen LogP) is 4.11. The van der Waals surface area contributed by atoms with E-state index in [9.17, 15) is 0 Å². The van der Waals surface area contributed by atoms with Gasteiger partial charge in [-0.3, -0.25) is 0 Å². The van der Waals surface area contributed by atoms with E-state index in [0.717, 1.165) is 10.8 Å². The van der Waals surface area contributed by atoms with Crippen molar-refractivity contribution in [3.05, 3.63) is 29.8 Å². The van der Waals surface area contributed by atoms with Crippen molar-refractivity contribution in [3.8, 4) is 0 Å². The van der Waals surface area contributed by atoms with Gasteiger partial charge in [-0.1, -0.05) is 31.4 Å². The molecule has 2 heteroatoms. The highest BCUT2D eigenvalue weighted by Crippen LogP contribution is 2.33. The second-order valence-corrected chi connectivity index (χ2v) is 5.47. The zero-order valence-electron chi connectivity index (χ0n) is 8.91. The Hall–Kier alpha value is -0.760. The highest BCUT2D eigenvalue weighted by atomic mass is 32.2. The van der Waals surface area contributed by atoms with Crippen molar-refractivity contribution >= 4 is 18.0 Å². The SMILES string of the molecule is N=Cc1cccc(SC2CCCCC2)c1. The summed E-state index contributed by atoms with van der Waals surface area (Å²) in [6, 6.07) is 8.31. The number of nitrogens with one attached hydrogen (secondary N) is 1. The molecule has 1 fully saturated rings. The molecular formula is C13H17NS. The lowest BCUT2D eigenvalue weighted by Gasteiger charge is -2.20. The molecule has 0 aromatic heterocycles. The molecule has 1 aliphatic carbocycles. The predicted molar refractivity (Wildman–Crippen MR) is 67.1 cm³/mol. The maximum Gasteiger partial charge on any atom is 0.0250 e. The molecule has 2 rings (SSSR count). The van der Waals surface area contributed by atoms with E-state index in [1.807, 2.05) is 23.9 Å². The van der Waals surface area contributed by atoms with Gasteiger partial charge in [0.1, 0.15) is 0 Å². The van der Waals surface area contributed by atoms with Crippen molar-refractivity contribution < 1.29 is 0 Å². The molecule has 0 saturated heterocycles. The Balaban J connectivity index is 1.99. The molecule has 0 spiro atoms. The summed E-state index contributed by atoms with van der Waals surface area (Å²) in [6.45, 7) is 0. The van der Waals surface area contributed by atoms with E-state index in [0.29, 0.717) is 0 Å². The fourth-order valence-corrected chi connectivity index (χ4v) is 3.37. The molecule has 0 amide bonds. The van der Waals surface area contributed by atoms with E-state index in [2.05, 4.69) is 12.1 Å². The van der Waals surface area contributed by atoms with E-state index in [-0.39, 0.29) is 0 Å². The molecule has 1 N–H and O–H groups in total. The Kier molecular flexibility index (Phi) is 3.84. The normalized spacial score (nSPS) is 17.6. The van der Waals surface area contributed by atoms with Crippen LogP contribution < -0.4 is 0 Å². The van der Waals surface area contributed by atoms with Gasteiger partial charge in [0.2, 0.25) is 0 Å². The lowest BCUT2D eigenvalue weighted by atomic mass is 10.0. The van der Waals surface area contributed by atoms with E-state index in [1.165, 1.54) is 43.2 Å². The second kappa shape index (κ2) is 5.36. The molecule has 15 heavy (non-hydrogen) atoms. The van der Waals surface area contributed by atoms with Crippen LogP contribution in [0.15, 0.2) is 29.2 Å². The standard InChI is InChI=1S/C13H17NS/c14-10-11-5-4-8-13(9-11)15-12-6-2-1-3-7-12/h4-5,8-10,12,14H,1-3,6-7H2. The van der Waals surface area contributed by atoms with Crippen LogP contribution in [0.1, 0.15) is 37.7 Å². The lowest BCUT2D eigenvalue weighted by molar-refractivity contribution is 0.516. The highest BCUT2D eigenvalue weighted by Gasteiger charge is 2.14. The van der Waals surface area contributed by atoms with Crippen LogP contribution in [0.5, 0.6) is 0 Å². The topological polar surface area (TPSA) is 23.9 Å². The Morgan fingerprint density at radius 1 is 1.20 bits per heavy atom. The average Bonchev–Trinajstić information content (AvgIpc) is 2.31. The van der Waals surface area contributed by atoms with Gasteiger partial charge in [0.25, 0.3) is 0 Å². The molecule has 0 atom stereocenters. The van der Waals surface area contributed by atoms with Gasteiger partial charge in [-0.15, -0.1) is 11.8 Å². The molecule has 0 bridgehead atoms. The molecule has 80 valence electrons. The van der Waals surface area contributed by atoms with Crippen molar-refractivity contribution in [2.75, 3.05) is 0 Å². The molecule has 1 aliphatic rings. The van der Waals surface area contributed by atoms with Crippen LogP contribution in [-0.4, -0.2) is 11.5 Å². The number of benzene rings is 1. The van der Waals surface area contributed by atoms with Crippen molar-refractivity contribution in [2.45, 2.75) is 42.2 Å². The van der Waals surface area contributed by atoms with Crippen molar-refractivity contribution in [2.24, 2.45) is 0 Å². The van der Waals surface area contributed by atoms with Gasteiger partial charge in [0.15, 0.2) is 0 Å². The van der Waals surface area contributed by atoms with Crippen molar-refractivity contribution in [1.29, 1.82) is 5.41 Å².